The number of ketones is 2. The van der Waals surface area contributed by atoms with Crippen molar-refractivity contribution in [3.8, 4) is 0 Å². The highest BCUT2D eigenvalue weighted by Gasteiger charge is 2.71. The summed E-state index contributed by atoms with van der Waals surface area (Å²) in [5.74, 6) is -4.24. The molecule has 0 aromatic carbocycles. The Labute approximate surface area is 396 Å². The van der Waals surface area contributed by atoms with E-state index >= 15 is 0 Å². The van der Waals surface area contributed by atoms with E-state index in [1.165, 1.54) is 0 Å². The van der Waals surface area contributed by atoms with Crippen LogP contribution >= 0.6 is 12.4 Å². The molecule has 2 saturated heterocycles. The first-order valence-corrected chi connectivity index (χ1v) is 23.3. The van der Waals surface area contributed by atoms with Gasteiger partial charge in [0.2, 0.25) is 35.2 Å². The maximum atomic E-state index is 13.9. The summed E-state index contributed by atoms with van der Waals surface area (Å²) >= 11 is 0. The third-order valence-corrected chi connectivity index (χ3v) is 14.9. The number of hydrogen-bond donors (Lipinski definition) is 7. The first kappa shape index (κ1) is 54.3. The number of nitrogens with zero attached hydrogens (tertiary/aromatic N) is 2. The van der Waals surface area contributed by atoms with Crippen molar-refractivity contribution in [2.75, 3.05) is 13.1 Å². The van der Waals surface area contributed by atoms with Gasteiger partial charge in [-0.3, -0.25) is 38.4 Å². The molecule has 372 valence electrons. The predicted molar refractivity (Wildman–Crippen MR) is 249 cm³/mol. The van der Waals surface area contributed by atoms with E-state index in [9.17, 15) is 43.2 Å². The number of halogens is 1. The highest BCUT2D eigenvalue weighted by Crippen LogP contribution is 2.66. The molecule has 19 heteroatoms. The Morgan fingerprint density at radius 2 is 0.955 bits per heavy atom. The quantitative estimate of drug-likeness (QED) is 0.117. The SMILES string of the molecule is CC(C)(C)NC(=O)N[C@H](C(=O)N1C[C@H]2[C@@H]([C@H]1C(=O)NC(CC1CC1)C(=O)C(N)=O)C2(C)C)C(C)(C)C.CC(C)(C)[C@H](N)C(=O)N1C[C@H]2[C@@H]([C@H]1C(=O)NC(CC1CC1)C(=O)C(N)=O)C2(C)C.Cl. The molecule has 18 nitrogen and oxygen atoms in total. The number of likely N-dealkylation sites (tertiary alicyclic amines) is 2. The van der Waals surface area contributed by atoms with Crippen molar-refractivity contribution in [3.05, 3.63) is 0 Å². The minimum atomic E-state index is -1.08. The molecule has 0 aromatic heterocycles. The van der Waals surface area contributed by atoms with Crippen LogP contribution in [0, 0.1) is 57.2 Å². The molecule has 2 unspecified atom stereocenters. The molecule has 10 N–H and O–H groups in total. The maximum Gasteiger partial charge on any atom is 0.315 e. The number of rotatable bonds is 15. The molecule has 2 heterocycles. The van der Waals surface area contributed by atoms with E-state index in [4.69, 9.17) is 17.2 Å². The molecule has 0 aromatic rings. The van der Waals surface area contributed by atoms with Crippen molar-refractivity contribution < 1.29 is 43.2 Å². The van der Waals surface area contributed by atoms with E-state index in [2.05, 4.69) is 49.0 Å². The molecular weight excluding hydrogens is 870 g/mol. The minimum Gasteiger partial charge on any atom is -0.363 e. The lowest BCUT2D eigenvalue weighted by Crippen LogP contribution is -2.62. The third-order valence-electron chi connectivity index (χ3n) is 14.9. The second kappa shape index (κ2) is 19.0. The fourth-order valence-corrected chi connectivity index (χ4v) is 10.2. The smallest absolute Gasteiger partial charge is 0.315 e. The van der Waals surface area contributed by atoms with Crippen molar-refractivity contribution in [2.45, 2.75) is 170 Å². The van der Waals surface area contributed by atoms with Gasteiger partial charge in [0.05, 0.1) is 18.1 Å². The van der Waals surface area contributed by atoms with Gasteiger partial charge in [-0.05, 0) is 90.8 Å². The van der Waals surface area contributed by atoms with Crippen LogP contribution in [0.1, 0.15) is 129 Å². The van der Waals surface area contributed by atoms with Crippen LogP contribution in [-0.2, 0) is 38.4 Å². The molecule has 8 amide bonds. The predicted octanol–water partition coefficient (Wildman–Crippen LogP) is 1.93. The van der Waals surface area contributed by atoms with Gasteiger partial charge in [-0.15, -0.1) is 12.4 Å². The van der Waals surface area contributed by atoms with E-state index < -0.39 is 93.8 Å². The molecule has 10 atom stereocenters. The van der Waals surface area contributed by atoms with E-state index in [1.54, 1.807) is 9.80 Å². The first-order valence-electron chi connectivity index (χ1n) is 23.3. The van der Waals surface area contributed by atoms with Gasteiger partial charge in [0, 0.05) is 18.6 Å². The fourth-order valence-electron chi connectivity index (χ4n) is 10.2. The molecule has 6 fully saturated rings. The second-order valence-corrected chi connectivity index (χ2v) is 24.2. The highest BCUT2D eigenvalue weighted by atomic mass is 35.5. The molecule has 4 saturated carbocycles. The van der Waals surface area contributed by atoms with Crippen LogP contribution in [0.2, 0.25) is 0 Å². The maximum absolute atomic E-state index is 13.9. The van der Waals surface area contributed by atoms with Gasteiger partial charge < -0.3 is 48.3 Å². The Morgan fingerprint density at radius 3 is 1.26 bits per heavy atom. The second-order valence-electron chi connectivity index (χ2n) is 24.2. The summed E-state index contributed by atoms with van der Waals surface area (Å²) in [6, 6.07) is -5.46. The molecule has 2 aliphatic heterocycles. The summed E-state index contributed by atoms with van der Waals surface area (Å²) in [6.45, 7) is 26.0. The molecule has 6 aliphatic rings. The average molecular weight is 949 g/mol. The van der Waals surface area contributed by atoms with Gasteiger partial charge in [0.15, 0.2) is 0 Å². The lowest BCUT2D eigenvalue weighted by Gasteiger charge is -2.38. The Balaban J connectivity index is 0.000000290. The Kier molecular flexibility index (Phi) is 15.6. The number of amides is 8. The molecule has 0 radical (unpaired) electrons. The third kappa shape index (κ3) is 12.0. The standard InChI is InChI=1S/C26H43N5O5.C21H34N4O4.ClH/c1-24(2,3)19(29-23(36)30-25(4,5)6)22(35)31-12-14-16(26(14,7)8)17(31)21(34)28-15(11-13-9-10-13)18(32)20(27)33;1-20(2,3)16(22)19(29)25-9-11-13(21(11,4)5)14(25)18(28)24-12(8-10-6-7-10)15(26)17(23)27;/h13-17,19H,9-12H2,1-8H3,(H2,27,33)(H,28,34)(H2,29,30,36);10-14,16H,6-9,22H2,1-5H3,(H2,23,27)(H,24,28);1H/t14-,15?,16-,17-,19+;11-,12?,13-,14-,16+;/m00./s1. The van der Waals surface area contributed by atoms with Crippen molar-refractivity contribution in [1.29, 1.82) is 0 Å². The number of nitrogens with one attached hydrogen (secondary N) is 4. The van der Waals surface area contributed by atoms with E-state index in [-0.39, 0.29) is 64.6 Å². The molecule has 4 aliphatic carbocycles. The largest absolute Gasteiger partial charge is 0.363 e. The van der Waals surface area contributed by atoms with Gasteiger partial charge in [0.1, 0.15) is 18.1 Å². The van der Waals surface area contributed by atoms with Gasteiger partial charge >= 0.3 is 6.03 Å². The summed E-state index contributed by atoms with van der Waals surface area (Å²) in [6.07, 6.45) is 4.62. The number of hydrogen-bond acceptors (Lipinski definition) is 10. The van der Waals surface area contributed by atoms with E-state index in [0.717, 1.165) is 25.7 Å². The van der Waals surface area contributed by atoms with Crippen molar-refractivity contribution >= 4 is 65.4 Å². The summed E-state index contributed by atoms with van der Waals surface area (Å²) < 4.78 is 0. The zero-order valence-electron chi connectivity index (χ0n) is 41.3. The number of piperidine rings is 2. The molecule has 6 rings (SSSR count). The number of Topliss-reactive ketones (excluding diaryl/α,β-unsaturated/α-hetero) is 2. The monoisotopic (exact) mass is 948 g/mol. The van der Waals surface area contributed by atoms with Crippen LogP contribution in [0.4, 0.5) is 4.79 Å². The Hall–Kier alpha value is -4.32. The number of urea groups is 1. The first-order chi connectivity index (χ1) is 29.6. The summed E-state index contributed by atoms with van der Waals surface area (Å²) in [5.41, 5.74) is 14.9. The average Bonchev–Trinajstić information content (AvgIpc) is 4.14. The van der Waals surface area contributed by atoms with Crippen LogP contribution in [0.25, 0.3) is 0 Å². The number of carbonyl (C=O) groups excluding carboxylic acids is 9. The number of nitrogens with two attached hydrogens (primary N) is 3. The molecular formula is C47H78ClN9O9. The summed E-state index contributed by atoms with van der Waals surface area (Å²) in [7, 11) is 0. The number of fused-ring (bicyclic) bond motifs is 2. The van der Waals surface area contributed by atoms with Crippen molar-refractivity contribution in [2.24, 2.45) is 74.4 Å². The summed E-state index contributed by atoms with van der Waals surface area (Å²) in [5, 5.41) is 11.1. The zero-order valence-corrected chi connectivity index (χ0v) is 42.1. The molecule has 66 heavy (non-hydrogen) atoms. The number of primary amides is 2. The fraction of sp³-hybridized carbons (Fsp3) is 0.809. The van der Waals surface area contributed by atoms with Crippen molar-refractivity contribution in [3.63, 3.8) is 0 Å². The topological polar surface area (TPSA) is 286 Å². The van der Waals surface area contributed by atoms with Crippen LogP contribution in [0.15, 0.2) is 0 Å². The number of carbonyl (C=O) groups is 9. The van der Waals surface area contributed by atoms with Crippen molar-refractivity contribution in [1.82, 2.24) is 31.1 Å². The lowest BCUT2D eigenvalue weighted by molar-refractivity contribution is -0.145. The zero-order chi connectivity index (χ0) is 49.3. The lowest BCUT2D eigenvalue weighted by atomic mass is 9.85. The van der Waals surface area contributed by atoms with Crippen LogP contribution in [-0.4, -0.2) is 118 Å². The van der Waals surface area contributed by atoms with Gasteiger partial charge in [-0.2, -0.15) is 0 Å². The van der Waals surface area contributed by atoms with Gasteiger partial charge in [-0.1, -0.05) is 94.9 Å². The van der Waals surface area contributed by atoms with Gasteiger partial charge in [0.25, 0.3) is 11.8 Å². The summed E-state index contributed by atoms with van der Waals surface area (Å²) in [4.78, 5) is 117. The molecule has 0 bridgehead atoms. The van der Waals surface area contributed by atoms with Crippen LogP contribution in [0.3, 0.4) is 0 Å². The minimum absolute atomic E-state index is 0. The van der Waals surface area contributed by atoms with Crippen LogP contribution < -0.4 is 38.5 Å². The van der Waals surface area contributed by atoms with E-state index in [0.29, 0.717) is 31.8 Å². The normalized spacial score (nSPS) is 27.4. The molecule has 0 spiro atoms. The Bertz CT molecular complexity index is 1960. The highest BCUT2D eigenvalue weighted by molar-refractivity contribution is 6.38. The Morgan fingerprint density at radius 1 is 0.591 bits per heavy atom. The van der Waals surface area contributed by atoms with Gasteiger partial charge in [-0.25, -0.2) is 4.79 Å². The van der Waals surface area contributed by atoms with E-state index in [1.807, 2.05) is 62.3 Å². The van der Waals surface area contributed by atoms with Crippen LogP contribution in [0.5, 0.6) is 0 Å².